The van der Waals surface area contributed by atoms with Crippen molar-refractivity contribution in [3.05, 3.63) is 35.4 Å². The second kappa shape index (κ2) is 9.11. The van der Waals surface area contributed by atoms with E-state index in [2.05, 4.69) is 22.6 Å². The minimum absolute atomic E-state index is 0. The van der Waals surface area contributed by atoms with Crippen LogP contribution in [-0.2, 0) is 4.94 Å². The number of nitrogens with two attached hydrogens (primary N) is 1. The molecule has 1 saturated heterocycles. The topological polar surface area (TPSA) is 51.2 Å². The second-order valence-corrected chi connectivity index (χ2v) is 8.13. The van der Waals surface area contributed by atoms with Gasteiger partial charge in [0, 0.05) is 31.6 Å². The van der Waals surface area contributed by atoms with Crippen LogP contribution in [0.1, 0.15) is 0 Å². The summed E-state index contributed by atoms with van der Waals surface area (Å²) in [6.45, 7) is 2.74. The van der Waals surface area contributed by atoms with E-state index < -0.39 is 5.82 Å². The van der Waals surface area contributed by atoms with Crippen LogP contribution in [-0.4, -0.2) is 48.3 Å². The lowest BCUT2D eigenvalue weighted by molar-refractivity contribution is -0.206. The highest BCUT2D eigenvalue weighted by molar-refractivity contribution is 8.09. The number of hydrogen-bond acceptors (Lipinski definition) is 9. The maximum absolute atomic E-state index is 14.5. The third kappa shape index (κ3) is 5.49. The van der Waals surface area contributed by atoms with E-state index in [1.54, 1.807) is 12.4 Å². The van der Waals surface area contributed by atoms with Gasteiger partial charge in [-0.15, -0.1) is 4.94 Å². The average molecular weight is 441 g/mol. The molecule has 1 aromatic rings. The van der Waals surface area contributed by atoms with Crippen molar-refractivity contribution in [1.29, 1.82) is 0 Å². The fourth-order valence-corrected chi connectivity index (χ4v) is 3.76. The molecule has 2 aliphatic heterocycles. The summed E-state index contributed by atoms with van der Waals surface area (Å²) in [5.41, 5.74) is 0.893. The predicted octanol–water partition coefficient (Wildman–Crippen LogP) is 2.61. The van der Waals surface area contributed by atoms with Gasteiger partial charge in [-0.1, -0.05) is 24.4 Å². The first kappa shape index (κ1) is 21.8. The van der Waals surface area contributed by atoms with Gasteiger partial charge in [0.15, 0.2) is 5.82 Å². The van der Waals surface area contributed by atoms with Gasteiger partial charge >= 0.3 is 0 Å². The molecule has 0 radical (unpaired) electrons. The van der Waals surface area contributed by atoms with E-state index >= 15 is 0 Å². The largest absolute Gasteiger partial charge is 0.369 e. The first-order valence-corrected chi connectivity index (χ1v) is 9.09. The fraction of sp³-hybridized carbons (Fsp3) is 0.429. The Labute approximate surface area is 174 Å². The molecule has 0 saturated carbocycles. The SMILES string of the molecule is CN(C)CC1CN(c2cc(F)c(N(S)SN(N)ON3C=C3)cc2Cl)C1.S. The zero-order valence-electron chi connectivity index (χ0n) is 14.3. The molecule has 2 N–H and O–H groups in total. The number of anilines is 2. The van der Waals surface area contributed by atoms with Crippen LogP contribution in [0.4, 0.5) is 15.8 Å². The van der Waals surface area contributed by atoms with E-state index in [1.807, 2.05) is 14.1 Å². The minimum Gasteiger partial charge on any atom is -0.369 e. The smallest absolute Gasteiger partial charge is 0.150 e. The molecular weight excluding hydrogens is 419 g/mol. The van der Waals surface area contributed by atoms with Gasteiger partial charge in [-0.05, 0) is 24.7 Å². The molecule has 2 heterocycles. The Morgan fingerprint density at radius 3 is 2.62 bits per heavy atom. The third-order valence-electron chi connectivity index (χ3n) is 3.75. The molecule has 0 unspecified atom stereocenters. The first-order chi connectivity index (χ1) is 11.8. The van der Waals surface area contributed by atoms with Crippen LogP contribution >= 0.6 is 50.0 Å². The molecule has 7 nitrogen and oxygen atoms in total. The van der Waals surface area contributed by atoms with Gasteiger partial charge in [0.05, 0.1) is 40.9 Å². The van der Waals surface area contributed by atoms with E-state index in [1.165, 1.54) is 20.9 Å². The van der Waals surface area contributed by atoms with Crippen LogP contribution in [0.5, 0.6) is 0 Å². The summed E-state index contributed by atoms with van der Waals surface area (Å²) in [5.74, 6) is 5.77. The monoisotopic (exact) mass is 440 g/mol. The van der Waals surface area contributed by atoms with Gasteiger partial charge in [-0.25, -0.2) is 19.0 Å². The zero-order valence-corrected chi connectivity index (χ0v) is 17.8. The van der Waals surface area contributed by atoms with Crippen LogP contribution in [0.15, 0.2) is 24.5 Å². The standard InChI is InChI=1S/C14H20ClFN6OS2.H2S/c1-18(2)7-10-8-19(9-10)13-6-12(16)14(5-11(13)15)21(24)25-22(17)23-20-3-4-20;/h3-6,10,24H,7-9,17H2,1-2H3;1H2. The molecule has 0 aliphatic carbocycles. The van der Waals surface area contributed by atoms with Crippen LogP contribution in [0.25, 0.3) is 0 Å². The number of hydroxylamine groups is 2. The number of rotatable bonds is 8. The summed E-state index contributed by atoms with van der Waals surface area (Å²) >= 11 is 11.5. The second-order valence-electron chi connectivity index (χ2n) is 6.17. The number of nitrogens with zero attached hydrogens (tertiary/aromatic N) is 5. The summed E-state index contributed by atoms with van der Waals surface area (Å²) in [6, 6.07) is 2.97. The molecule has 0 aromatic heterocycles. The lowest BCUT2D eigenvalue weighted by Crippen LogP contribution is -2.50. The van der Waals surface area contributed by atoms with Gasteiger partial charge in [-0.3, -0.25) is 0 Å². The summed E-state index contributed by atoms with van der Waals surface area (Å²) < 4.78 is 16.7. The molecule has 12 heteroatoms. The lowest BCUT2D eigenvalue weighted by Gasteiger charge is -2.42. The normalized spacial score (nSPS) is 16.2. The minimum atomic E-state index is -0.434. The van der Waals surface area contributed by atoms with Gasteiger partial charge < -0.3 is 9.80 Å². The van der Waals surface area contributed by atoms with Crippen molar-refractivity contribution in [2.24, 2.45) is 11.8 Å². The predicted molar refractivity (Wildman–Crippen MR) is 113 cm³/mol. The number of halogens is 2. The van der Waals surface area contributed by atoms with Gasteiger partial charge in [0.2, 0.25) is 0 Å². The average Bonchev–Trinajstić information content (AvgIpc) is 3.28. The molecule has 146 valence electrons. The van der Waals surface area contributed by atoms with Crippen molar-refractivity contribution in [2.45, 2.75) is 0 Å². The summed E-state index contributed by atoms with van der Waals surface area (Å²) in [6.07, 6.45) is 3.35. The number of thiol groups is 1. The first-order valence-electron chi connectivity index (χ1n) is 7.59. The van der Waals surface area contributed by atoms with Crippen molar-refractivity contribution in [2.75, 3.05) is 42.3 Å². The fourth-order valence-electron chi connectivity index (χ4n) is 2.62. The van der Waals surface area contributed by atoms with Gasteiger partial charge in [-0.2, -0.15) is 13.5 Å². The van der Waals surface area contributed by atoms with Crippen LogP contribution in [0.3, 0.4) is 0 Å². The Hall–Kier alpha value is -0.530. The third-order valence-corrected chi connectivity index (χ3v) is 5.06. The van der Waals surface area contributed by atoms with E-state index in [4.69, 9.17) is 22.4 Å². The van der Waals surface area contributed by atoms with Crippen LogP contribution < -0.4 is 14.5 Å². The number of benzene rings is 1. The number of hydrogen-bond donors (Lipinski definition) is 2. The van der Waals surface area contributed by atoms with E-state index in [9.17, 15) is 4.39 Å². The molecule has 0 bridgehead atoms. The van der Waals surface area contributed by atoms with Crippen molar-refractivity contribution in [1.82, 2.24) is 14.5 Å². The summed E-state index contributed by atoms with van der Waals surface area (Å²) in [7, 11) is 4.09. The highest BCUT2D eigenvalue weighted by Gasteiger charge is 2.29. The maximum Gasteiger partial charge on any atom is 0.150 e. The van der Waals surface area contributed by atoms with Crippen LogP contribution in [0.2, 0.25) is 5.02 Å². The maximum atomic E-state index is 14.5. The van der Waals surface area contributed by atoms with Crippen molar-refractivity contribution < 1.29 is 9.33 Å². The van der Waals surface area contributed by atoms with Crippen LogP contribution in [0, 0.1) is 11.7 Å². The molecule has 1 fully saturated rings. The van der Waals surface area contributed by atoms with E-state index in [0.717, 1.165) is 36.3 Å². The van der Waals surface area contributed by atoms with Crippen molar-refractivity contribution in [3.63, 3.8) is 0 Å². The van der Waals surface area contributed by atoms with Crippen molar-refractivity contribution >= 4 is 61.4 Å². The molecule has 26 heavy (non-hydrogen) atoms. The molecular formula is C14H22ClFN6OS3. The molecule has 0 amide bonds. The van der Waals surface area contributed by atoms with E-state index in [0.29, 0.717) is 16.6 Å². The molecule has 0 atom stereocenters. The summed E-state index contributed by atoms with van der Waals surface area (Å²) in [5, 5.41) is 1.87. The van der Waals surface area contributed by atoms with E-state index in [-0.39, 0.29) is 19.2 Å². The Bertz CT molecular complexity index is 658. The zero-order chi connectivity index (χ0) is 18.1. The Balaban J connectivity index is 0.00000243. The molecule has 3 rings (SSSR count). The number of hydrazine groups is 1. The summed E-state index contributed by atoms with van der Waals surface area (Å²) in [4.78, 5) is 9.32. The Morgan fingerprint density at radius 1 is 1.38 bits per heavy atom. The highest BCUT2D eigenvalue weighted by atomic mass is 35.5. The quantitative estimate of drug-likeness (QED) is 0.277. The molecule has 2 aliphatic rings. The lowest BCUT2D eigenvalue weighted by atomic mass is 9.98. The highest BCUT2D eigenvalue weighted by Crippen LogP contribution is 2.38. The molecule has 0 spiro atoms. The Kier molecular flexibility index (Phi) is 7.62. The molecule has 1 aromatic carbocycles. The van der Waals surface area contributed by atoms with Gasteiger partial charge in [0.25, 0.3) is 0 Å². The Morgan fingerprint density at radius 2 is 2.04 bits per heavy atom. The van der Waals surface area contributed by atoms with Gasteiger partial charge in [0.1, 0.15) is 0 Å². The van der Waals surface area contributed by atoms with Crippen molar-refractivity contribution in [3.8, 4) is 0 Å².